The predicted molar refractivity (Wildman–Crippen MR) is 116 cm³/mol. The van der Waals surface area contributed by atoms with E-state index in [0.717, 1.165) is 40.9 Å². The average Bonchev–Trinajstić information content (AvgIpc) is 3.12. The predicted octanol–water partition coefficient (Wildman–Crippen LogP) is 3.34. The van der Waals surface area contributed by atoms with Gasteiger partial charge in [0.15, 0.2) is 11.5 Å². The summed E-state index contributed by atoms with van der Waals surface area (Å²) in [5.74, 6) is 3.03. The molecule has 1 aliphatic heterocycles. The molecule has 1 saturated carbocycles. The second kappa shape index (κ2) is 8.45. The second-order valence-electron chi connectivity index (χ2n) is 8.05. The van der Waals surface area contributed by atoms with E-state index < -0.39 is 0 Å². The van der Waals surface area contributed by atoms with Crippen molar-refractivity contribution in [1.29, 1.82) is 0 Å². The van der Waals surface area contributed by atoms with E-state index in [2.05, 4.69) is 20.2 Å². The molecule has 0 radical (unpaired) electrons. The van der Waals surface area contributed by atoms with Crippen LogP contribution in [0.2, 0.25) is 0 Å². The van der Waals surface area contributed by atoms with E-state index in [0.29, 0.717) is 18.3 Å². The summed E-state index contributed by atoms with van der Waals surface area (Å²) in [5.41, 5.74) is 8.53. The van der Waals surface area contributed by atoms with Gasteiger partial charge >= 0.3 is 0 Å². The van der Waals surface area contributed by atoms with Crippen LogP contribution < -0.4 is 20.5 Å². The number of rotatable bonds is 7. The number of ether oxygens (including phenoxy) is 2. The molecule has 2 heterocycles. The van der Waals surface area contributed by atoms with Crippen molar-refractivity contribution in [2.45, 2.75) is 38.6 Å². The average molecular weight is 398 g/mol. The van der Waals surface area contributed by atoms with Crippen molar-refractivity contribution in [1.82, 2.24) is 14.9 Å². The Bertz CT molecular complexity index is 869. The van der Waals surface area contributed by atoms with E-state index in [9.17, 15) is 0 Å². The molecule has 2 aliphatic rings. The van der Waals surface area contributed by atoms with E-state index in [1.165, 1.54) is 32.2 Å². The summed E-state index contributed by atoms with van der Waals surface area (Å²) < 4.78 is 11.8. The lowest BCUT2D eigenvalue weighted by Crippen LogP contribution is -2.38. The van der Waals surface area contributed by atoms with Gasteiger partial charge in [0.25, 0.3) is 0 Å². The summed E-state index contributed by atoms with van der Waals surface area (Å²) in [6.45, 7) is 4.98. The zero-order valence-electron chi connectivity index (χ0n) is 17.6. The van der Waals surface area contributed by atoms with E-state index in [1.54, 1.807) is 7.11 Å². The molecule has 1 saturated heterocycles. The van der Waals surface area contributed by atoms with Crippen LogP contribution in [0, 0.1) is 12.8 Å². The number of aromatic nitrogens is 2. The molecule has 7 nitrogen and oxygen atoms in total. The van der Waals surface area contributed by atoms with Gasteiger partial charge in [-0.25, -0.2) is 4.98 Å². The van der Waals surface area contributed by atoms with Gasteiger partial charge in [-0.3, -0.25) is 4.90 Å². The lowest BCUT2D eigenvalue weighted by molar-refractivity contribution is 0.145. The van der Waals surface area contributed by atoms with Gasteiger partial charge in [-0.05, 0) is 50.4 Å². The van der Waals surface area contributed by atoms with Gasteiger partial charge in [-0.15, -0.1) is 0 Å². The van der Waals surface area contributed by atoms with Crippen LogP contribution in [0.25, 0.3) is 11.1 Å². The van der Waals surface area contributed by atoms with E-state index in [4.69, 9.17) is 15.2 Å². The van der Waals surface area contributed by atoms with Crippen molar-refractivity contribution in [3.8, 4) is 22.6 Å². The molecule has 156 valence electrons. The number of methoxy groups -OCH3 is 1. The molecular weight excluding hydrogens is 366 g/mol. The first-order chi connectivity index (χ1) is 14.1. The van der Waals surface area contributed by atoms with Crippen molar-refractivity contribution < 1.29 is 9.47 Å². The molecule has 7 heteroatoms. The Labute approximate surface area is 172 Å². The summed E-state index contributed by atoms with van der Waals surface area (Å²) >= 11 is 0. The molecule has 1 aromatic carbocycles. The van der Waals surface area contributed by atoms with E-state index >= 15 is 0 Å². The Morgan fingerprint density at radius 1 is 1.21 bits per heavy atom. The van der Waals surface area contributed by atoms with Gasteiger partial charge in [0.2, 0.25) is 5.95 Å². The fourth-order valence-corrected chi connectivity index (χ4v) is 4.36. The van der Waals surface area contributed by atoms with Crippen molar-refractivity contribution in [3.63, 3.8) is 0 Å². The highest BCUT2D eigenvalue weighted by Crippen LogP contribution is 2.37. The molecule has 29 heavy (non-hydrogen) atoms. The lowest BCUT2D eigenvalue weighted by atomic mass is 9.92. The molecule has 0 amide bonds. The third-order valence-corrected chi connectivity index (χ3v) is 6.18. The molecule has 1 aliphatic carbocycles. The maximum atomic E-state index is 6.25. The SMILES string of the molecule is CNc1nc(N)nc(C)c1-c1ccc(OC)c(OCC2CCN(C3CCC3)C2)c1. The minimum absolute atomic E-state index is 0.262. The van der Waals surface area contributed by atoms with Crippen LogP contribution in [-0.4, -0.2) is 54.8 Å². The summed E-state index contributed by atoms with van der Waals surface area (Å²) in [4.78, 5) is 11.3. The molecule has 1 atom stereocenters. The standard InChI is InChI=1S/C22H31N5O2/c1-14-20(21(24-2)26-22(23)25-14)16-7-8-18(28-3)19(11-16)29-13-15-9-10-27(12-15)17-5-4-6-17/h7-8,11,15,17H,4-6,9-10,12-13H2,1-3H3,(H3,23,24,25,26). The Morgan fingerprint density at radius 3 is 2.72 bits per heavy atom. The van der Waals surface area contributed by atoms with Gasteiger partial charge in [0.1, 0.15) is 5.82 Å². The van der Waals surface area contributed by atoms with Gasteiger partial charge in [-0.1, -0.05) is 12.5 Å². The van der Waals surface area contributed by atoms with Crippen molar-refractivity contribution in [2.24, 2.45) is 5.92 Å². The first-order valence-electron chi connectivity index (χ1n) is 10.5. The Kier molecular flexibility index (Phi) is 5.76. The molecule has 3 N–H and O–H groups in total. The molecule has 2 aromatic rings. The maximum Gasteiger partial charge on any atom is 0.222 e. The molecule has 4 rings (SSSR count). The molecule has 0 spiro atoms. The molecule has 2 fully saturated rings. The Hall–Kier alpha value is -2.54. The van der Waals surface area contributed by atoms with Crippen LogP contribution in [0.1, 0.15) is 31.4 Å². The molecule has 1 aromatic heterocycles. The second-order valence-corrected chi connectivity index (χ2v) is 8.05. The normalized spacial score (nSPS) is 19.8. The Morgan fingerprint density at radius 2 is 2.03 bits per heavy atom. The van der Waals surface area contributed by atoms with E-state index in [-0.39, 0.29) is 5.95 Å². The highest BCUT2D eigenvalue weighted by molar-refractivity contribution is 5.79. The number of nitrogens with one attached hydrogen (secondary N) is 1. The minimum atomic E-state index is 0.262. The topological polar surface area (TPSA) is 85.5 Å². The monoisotopic (exact) mass is 397 g/mol. The van der Waals surface area contributed by atoms with Crippen LogP contribution in [0.3, 0.4) is 0 Å². The van der Waals surface area contributed by atoms with Crippen molar-refractivity contribution in [2.75, 3.05) is 44.9 Å². The fraction of sp³-hybridized carbons (Fsp3) is 0.545. The minimum Gasteiger partial charge on any atom is -0.493 e. The largest absolute Gasteiger partial charge is 0.493 e. The molecule has 0 bridgehead atoms. The number of hydrogen-bond acceptors (Lipinski definition) is 7. The molecular formula is C22H31N5O2. The zero-order chi connectivity index (χ0) is 20.4. The summed E-state index contributed by atoms with van der Waals surface area (Å²) in [7, 11) is 3.51. The number of likely N-dealkylation sites (tertiary alicyclic amines) is 1. The fourth-order valence-electron chi connectivity index (χ4n) is 4.36. The van der Waals surface area contributed by atoms with Crippen LogP contribution in [0.15, 0.2) is 18.2 Å². The first-order valence-corrected chi connectivity index (χ1v) is 10.5. The number of nitrogen functional groups attached to an aromatic ring is 1. The highest BCUT2D eigenvalue weighted by Gasteiger charge is 2.31. The first kappa shape index (κ1) is 19.8. The van der Waals surface area contributed by atoms with Crippen molar-refractivity contribution >= 4 is 11.8 Å². The summed E-state index contributed by atoms with van der Waals surface area (Å²) in [5, 5.41) is 3.12. The third-order valence-electron chi connectivity index (χ3n) is 6.18. The van der Waals surface area contributed by atoms with Gasteiger partial charge in [0, 0.05) is 31.1 Å². The van der Waals surface area contributed by atoms with Gasteiger partial charge in [0.05, 0.1) is 19.4 Å². The number of nitrogens with zero attached hydrogens (tertiary/aromatic N) is 3. The number of hydrogen-bond donors (Lipinski definition) is 2. The lowest BCUT2D eigenvalue weighted by Gasteiger charge is -2.34. The summed E-state index contributed by atoms with van der Waals surface area (Å²) in [6, 6.07) is 6.77. The van der Waals surface area contributed by atoms with Crippen LogP contribution in [0.5, 0.6) is 11.5 Å². The zero-order valence-corrected chi connectivity index (χ0v) is 17.6. The number of nitrogens with two attached hydrogens (primary N) is 1. The number of aryl methyl sites for hydroxylation is 1. The maximum absolute atomic E-state index is 6.25. The highest BCUT2D eigenvalue weighted by atomic mass is 16.5. The Balaban J connectivity index is 1.52. The van der Waals surface area contributed by atoms with Gasteiger partial charge < -0.3 is 20.5 Å². The van der Waals surface area contributed by atoms with Crippen LogP contribution in [0.4, 0.5) is 11.8 Å². The smallest absolute Gasteiger partial charge is 0.222 e. The van der Waals surface area contributed by atoms with Crippen molar-refractivity contribution in [3.05, 3.63) is 23.9 Å². The van der Waals surface area contributed by atoms with Crippen LogP contribution >= 0.6 is 0 Å². The van der Waals surface area contributed by atoms with E-state index in [1.807, 2.05) is 32.2 Å². The van der Waals surface area contributed by atoms with Gasteiger partial charge in [-0.2, -0.15) is 4.98 Å². The third kappa shape index (κ3) is 4.10. The quantitative estimate of drug-likeness (QED) is 0.741. The molecule has 1 unspecified atom stereocenters. The van der Waals surface area contributed by atoms with Crippen LogP contribution in [-0.2, 0) is 0 Å². The summed E-state index contributed by atoms with van der Waals surface area (Å²) in [6.07, 6.45) is 5.31. The number of anilines is 2. The number of benzene rings is 1.